The van der Waals surface area contributed by atoms with E-state index in [9.17, 15) is 8.42 Å². The Hall–Kier alpha value is -1.91. The van der Waals surface area contributed by atoms with Gasteiger partial charge in [-0.05, 0) is 37.1 Å². The molecule has 0 aromatic heterocycles. The van der Waals surface area contributed by atoms with Gasteiger partial charge >= 0.3 is 0 Å². The molecule has 1 atom stereocenters. The third-order valence-electron chi connectivity index (χ3n) is 4.11. The lowest BCUT2D eigenvalue weighted by Crippen LogP contribution is -2.35. The van der Waals surface area contributed by atoms with Gasteiger partial charge in [-0.25, -0.2) is 8.42 Å². The molecule has 2 aromatic carbocycles. The molecule has 0 N–H and O–H groups in total. The van der Waals surface area contributed by atoms with Crippen molar-refractivity contribution in [3.8, 4) is 0 Å². The molecule has 0 saturated carbocycles. The summed E-state index contributed by atoms with van der Waals surface area (Å²) in [6.07, 6.45) is 2.01. The lowest BCUT2D eigenvalue weighted by molar-refractivity contribution is 0.432. The summed E-state index contributed by atoms with van der Waals surface area (Å²) >= 11 is 0. The number of sulfonamides is 1. The average Bonchev–Trinajstić information content (AvgIpc) is 2.91. The van der Waals surface area contributed by atoms with Crippen LogP contribution in [0.3, 0.4) is 0 Å². The predicted molar refractivity (Wildman–Crippen MR) is 89.0 cm³/mol. The molecule has 0 aliphatic carbocycles. The van der Waals surface area contributed by atoms with Gasteiger partial charge in [0.2, 0.25) is 10.0 Å². The Morgan fingerprint density at radius 3 is 2.27 bits per heavy atom. The van der Waals surface area contributed by atoms with Crippen LogP contribution in [0.25, 0.3) is 5.57 Å². The van der Waals surface area contributed by atoms with E-state index in [1.807, 2.05) is 62.4 Å². The molecule has 0 unspecified atom stereocenters. The van der Waals surface area contributed by atoms with Gasteiger partial charge in [0.05, 0.1) is 4.90 Å². The van der Waals surface area contributed by atoms with Gasteiger partial charge in [-0.15, -0.1) is 0 Å². The summed E-state index contributed by atoms with van der Waals surface area (Å²) in [5.41, 5.74) is 3.20. The number of hydrogen-bond donors (Lipinski definition) is 0. The van der Waals surface area contributed by atoms with Crippen LogP contribution < -0.4 is 0 Å². The van der Waals surface area contributed by atoms with Crippen LogP contribution in [0.4, 0.5) is 0 Å². The highest BCUT2D eigenvalue weighted by atomic mass is 32.2. The molecule has 114 valence electrons. The fourth-order valence-corrected chi connectivity index (χ4v) is 4.37. The van der Waals surface area contributed by atoms with Crippen LogP contribution in [0.2, 0.25) is 0 Å². The number of benzene rings is 2. The minimum absolute atomic E-state index is 0.159. The van der Waals surface area contributed by atoms with Crippen molar-refractivity contribution < 1.29 is 8.42 Å². The molecule has 3 rings (SSSR count). The highest BCUT2D eigenvalue weighted by Crippen LogP contribution is 2.31. The average molecular weight is 313 g/mol. The van der Waals surface area contributed by atoms with Crippen molar-refractivity contribution in [2.24, 2.45) is 0 Å². The van der Waals surface area contributed by atoms with Crippen molar-refractivity contribution in [3.05, 3.63) is 71.8 Å². The van der Waals surface area contributed by atoms with Crippen LogP contribution >= 0.6 is 0 Å². The first-order valence-corrected chi connectivity index (χ1v) is 8.78. The molecule has 0 radical (unpaired) electrons. The van der Waals surface area contributed by atoms with Crippen molar-refractivity contribution in [1.82, 2.24) is 4.31 Å². The molecule has 22 heavy (non-hydrogen) atoms. The molecule has 0 amide bonds. The maximum Gasteiger partial charge on any atom is 0.243 e. The van der Waals surface area contributed by atoms with E-state index in [0.29, 0.717) is 11.4 Å². The smallest absolute Gasteiger partial charge is 0.207 e. The Morgan fingerprint density at radius 2 is 1.64 bits per heavy atom. The second kappa shape index (κ2) is 5.71. The standard InChI is InChI=1S/C18H19NO2S/c1-14-8-10-17(11-9-14)22(20,21)19-13-12-18(15(19)2)16-6-4-3-5-7-16/h3-12,15H,13H2,1-2H3/t15-/m0/s1. The number of rotatable bonds is 3. The Bertz CT molecular complexity index is 793. The van der Waals surface area contributed by atoms with E-state index in [0.717, 1.165) is 16.7 Å². The van der Waals surface area contributed by atoms with E-state index >= 15 is 0 Å². The first-order chi connectivity index (χ1) is 10.5. The third-order valence-corrected chi connectivity index (χ3v) is 6.06. The van der Waals surface area contributed by atoms with Crippen LogP contribution in [0.5, 0.6) is 0 Å². The van der Waals surface area contributed by atoms with Crippen LogP contribution in [0, 0.1) is 6.92 Å². The molecule has 0 fully saturated rings. The topological polar surface area (TPSA) is 37.4 Å². The van der Waals surface area contributed by atoms with Crippen molar-refractivity contribution >= 4 is 15.6 Å². The van der Waals surface area contributed by atoms with Gasteiger partial charge in [-0.2, -0.15) is 4.31 Å². The highest BCUT2D eigenvalue weighted by molar-refractivity contribution is 7.89. The molecule has 1 aliphatic rings. The lowest BCUT2D eigenvalue weighted by atomic mass is 10.0. The minimum Gasteiger partial charge on any atom is -0.207 e. The third kappa shape index (κ3) is 2.60. The Morgan fingerprint density at radius 1 is 1.00 bits per heavy atom. The lowest BCUT2D eigenvalue weighted by Gasteiger charge is -2.23. The summed E-state index contributed by atoms with van der Waals surface area (Å²) in [7, 11) is -3.46. The maximum absolute atomic E-state index is 12.8. The largest absolute Gasteiger partial charge is 0.243 e. The zero-order chi connectivity index (χ0) is 15.7. The van der Waals surface area contributed by atoms with E-state index < -0.39 is 10.0 Å². The fraction of sp³-hybridized carbons (Fsp3) is 0.222. The van der Waals surface area contributed by atoms with Crippen molar-refractivity contribution in [3.63, 3.8) is 0 Å². The second-order valence-electron chi connectivity index (χ2n) is 5.59. The zero-order valence-electron chi connectivity index (χ0n) is 12.7. The maximum atomic E-state index is 12.8. The van der Waals surface area contributed by atoms with Crippen molar-refractivity contribution in [2.75, 3.05) is 6.54 Å². The molecule has 4 heteroatoms. The summed E-state index contributed by atoms with van der Waals surface area (Å²) in [6.45, 7) is 4.31. The molecule has 2 aromatic rings. The molecule has 1 heterocycles. The number of hydrogen-bond acceptors (Lipinski definition) is 2. The van der Waals surface area contributed by atoms with Gasteiger partial charge in [0, 0.05) is 12.6 Å². The van der Waals surface area contributed by atoms with E-state index in [2.05, 4.69) is 0 Å². The van der Waals surface area contributed by atoms with E-state index in [4.69, 9.17) is 0 Å². The molecule has 0 saturated heterocycles. The monoisotopic (exact) mass is 313 g/mol. The number of aryl methyl sites for hydroxylation is 1. The summed E-state index contributed by atoms with van der Waals surface area (Å²) in [5, 5.41) is 0. The van der Waals surface area contributed by atoms with Crippen LogP contribution in [0.15, 0.2) is 65.6 Å². The van der Waals surface area contributed by atoms with Crippen LogP contribution in [-0.2, 0) is 10.0 Å². The SMILES string of the molecule is Cc1ccc(S(=O)(=O)N2CC=C(c3ccccc3)[C@@H]2C)cc1. The van der Waals surface area contributed by atoms with Gasteiger partial charge in [-0.1, -0.05) is 54.1 Å². The number of nitrogens with zero attached hydrogens (tertiary/aromatic N) is 1. The van der Waals surface area contributed by atoms with Crippen LogP contribution in [0.1, 0.15) is 18.1 Å². The summed E-state index contributed by atoms with van der Waals surface area (Å²) in [4.78, 5) is 0.354. The molecule has 3 nitrogen and oxygen atoms in total. The predicted octanol–water partition coefficient (Wildman–Crippen LogP) is 3.47. The van der Waals surface area contributed by atoms with Gasteiger partial charge in [0.15, 0.2) is 0 Å². The van der Waals surface area contributed by atoms with Crippen molar-refractivity contribution in [2.45, 2.75) is 24.8 Å². The fourth-order valence-electron chi connectivity index (χ4n) is 2.81. The van der Waals surface area contributed by atoms with Gasteiger partial charge in [0.1, 0.15) is 0 Å². The quantitative estimate of drug-likeness (QED) is 0.870. The Kier molecular flexibility index (Phi) is 3.89. The van der Waals surface area contributed by atoms with Gasteiger partial charge in [-0.3, -0.25) is 0 Å². The molecular formula is C18H19NO2S. The first kappa shape index (κ1) is 15.0. The summed E-state index contributed by atoms with van der Waals surface area (Å²) in [6, 6.07) is 16.8. The van der Waals surface area contributed by atoms with Gasteiger partial charge < -0.3 is 0 Å². The zero-order valence-corrected chi connectivity index (χ0v) is 13.5. The van der Waals surface area contributed by atoms with E-state index in [1.165, 1.54) is 0 Å². The Balaban J connectivity index is 1.90. The first-order valence-electron chi connectivity index (χ1n) is 7.34. The molecular weight excluding hydrogens is 294 g/mol. The highest BCUT2D eigenvalue weighted by Gasteiger charge is 2.34. The molecule has 0 spiro atoms. The normalized spacial score (nSPS) is 19.2. The molecule has 0 bridgehead atoms. The summed E-state index contributed by atoms with van der Waals surface area (Å²) < 4.78 is 27.2. The van der Waals surface area contributed by atoms with Gasteiger partial charge in [0.25, 0.3) is 0 Å². The van der Waals surface area contributed by atoms with Crippen molar-refractivity contribution in [1.29, 1.82) is 0 Å². The minimum atomic E-state index is -3.46. The summed E-state index contributed by atoms with van der Waals surface area (Å²) in [5.74, 6) is 0. The molecule has 1 aliphatic heterocycles. The van der Waals surface area contributed by atoms with E-state index in [1.54, 1.807) is 16.4 Å². The Labute approximate surface area is 132 Å². The van der Waals surface area contributed by atoms with Crippen LogP contribution in [-0.4, -0.2) is 25.3 Å². The van der Waals surface area contributed by atoms with E-state index in [-0.39, 0.29) is 6.04 Å². The second-order valence-corrected chi connectivity index (χ2v) is 7.48.